The van der Waals surface area contributed by atoms with Crippen molar-refractivity contribution in [3.63, 3.8) is 0 Å². The number of benzene rings is 2. The van der Waals surface area contributed by atoms with Crippen molar-refractivity contribution in [3.05, 3.63) is 76.4 Å². The molecule has 0 aliphatic carbocycles. The van der Waals surface area contributed by atoms with Crippen LogP contribution in [0.3, 0.4) is 0 Å². The van der Waals surface area contributed by atoms with Crippen LogP contribution in [-0.4, -0.2) is 11.1 Å². The van der Waals surface area contributed by atoms with Gasteiger partial charge in [-0.25, -0.2) is 0 Å². The molecule has 1 N–H and O–H groups in total. The fourth-order valence-electron chi connectivity index (χ4n) is 1.56. The molecule has 0 radical (unpaired) electrons. The number of nitro groups is 1. The number of anilines is 1. The summed E-state index contributed by atoms with van der Waals surface area (Å²) in [5.74, 6) is 0. The van der Waals surface area contributed by atoms with E-state index in [1.165, 1.54) is 12.1 Å². The molecule has 100 valence electrons. The van der Waals surface area contributed by atoms with Crippen molar-refractivity contribution in [2.45, 2.75) is 0 Å². The lowest BCUT2D eigenvalue weighted by molar-refractivity contribution is -0.384. The van der Waals surface area contributed by atoms with Crippen molar-refractivity contribution < 1.29 is 4.92 Å². The molecule has 0 saturated carbocycles. The first kappa shape index (κ1) is 13.5. The molecule has 2 aromatic carbocycles. The molecule has 0 spiro atoms. The number of hydrazone groups is 1. The van der Waals surface area contributed by atoms with Gasteiger partial charge < -0.3 is 0 Å². The minimum atomic E-state index is -0.440. The van der Waals surface area contributed by atoms with Gasteiger partial charge in [-0.05, 0) is 17.7 Å². The van der Waals surface area contributed by atoms with Gasteiger partial charge in [0, 0.05) is 18.3 Å². The van der Waals surface area contributed by atoms with Crippen LogP contribution in [0.1, 0.15) is 5.56 Å². The average Bonchev–Trinajstić information content (AvgIpc) is 2.48. The highest BCUT2D eigenvalue weighted by atomic mass is 16.6. The lowest BCUT2D eigenvalue weighted by atomic mass is 10.2. The second-order valence-electron chi connectivity index (χ2n) is 3.97. The molecule has 0 heterocycles. The van der Waals surface area contributed by atoms with Crippen LogP contribution < -0.4 is 5.43 Å². The Morgan fingerprint density at radius 3 is 2.65 bits per heavy atom. The topological polar surface area (TPSA) is 67.5 Å². The molecule has 0 fully saturated rings. The van der Waals surface area contributed by atoms with E-state index in [4.69, 9.17) is 0 Å². The molecule has 2 aromatic rings. The Balaban J connectivity index is 1.92. The van der Waals surface area contributed by atoms with Crippen LogP contribution in [0.4, 0.5) is 11.4 Å². The van der Waals surface area contributed by atoms with Gasteiger partial charge in [-0.2, -0.15) is 5.10 Å². The maximum Gasteiger partial charge on any atom is 0.271 e. The van der Waals surface area contributed by atoms with Crippen LogP contribution in [0.15, 0.2) is 65.8 Å². The SMILES string of the molecule is O=[N+]([O-])c1cccc(NN=C/C=C/c2ccccc2)c1. The molecule has 20 heavy (non-hydrogen) atoms. The maximum atomic E-state index is 10.6. The third-order valence-electron chi connectivity index (χ3n) is 2.50. The summed E-state index contributed by atoms with van der Waals surface area (Å²) < 4.78 is 0. The van der Waals surface area contributed by atoms with Gasteiger partial charge in [0.1, 0.15) is 0 Å². The number of non-ortho nitro benzene ring substituents is 1. The van der Waals surface area contributed by atoms with Gasteiger partial charge in [-0.1, -0.05) is 42.5 Å². The molecular formula is C15H13N3O2. The number of hydrogen-bond donors (Lipinski definition) is 1. The van der Waals surface area contributed by atoms with Gasteiger partial charge in [-0.15, -0.1) is 0 Å². The minimum Gasteiger partial charge on any atom is -0.278 e. The molecule has 2 rings (SSSR count). The molecule has 0 aromatic heterocycles. The molecular weight excluding hydrogens is 254 g/mol. The molecule has 0 amide bonds. The highest BCUT2D eigenvalue weighted by molar-refractivity contribution is 5.78. The van der Waals surface area contributed by atoms with E-state index in [0.29, 0.717) is 5.69 Å². The first-order valence-electron chi connectivity index (χ1n) is 6.01. The average molecular weight is 267 g/mol. The fourth-order valence-corrected chi connectivity index (χ4v) is 1.56. The molecule has 0 atom stereocenters. The Morgan fingerprint density at radius 2 is 1.90 bits per heavy atom. The van der Waals surface area contributed by atoms with E-state index in [9.17, 15) is 10.1 Å². The smallest absolute Gasteiger partial charge is 0.271 e. The normalized spacial score (nSPS) is 11.0. The molecule has 0 bridgehead atoms. The molecule has 5 heteroatoms. The highest BCUT2D eigenvalue weighted by Gasteiger charge is 2.04. The minimum absolute atomic E-state index is 0.0324. The van der Waals surface area contributed by atoms with E-state index < -0.39 is 4.92 Å². The lowest BCUT2D eigenvalue weighted by Crippen LogP contribution is -1.91. The van der Waals surface area contributed by atoms with Crippen molar-refractivity contribution in [1.29, 1.82) is 0 Å². The fraction of sp³-hybridized carbons (Fsp3) is 0. The maximum absolute atomic E-state index is 10.6. The van der Waals surface area contributed by atoms with Crippen molar-refractivity contribution in [2.75, 3.05) is 5.43 Å². The van der Waals surface area contributed by atoms with Crippen LogP contribution in [-0.2, 0) is 0 Å². The van der Waals surface area contributed by atoms with E-state index in [1.54, 1.807) is 24.4 Å². The van der Waals surface area contributed by atoms with E-state index in [2.05, 4.69) is 10.5 Å². The largest absolute Gasteiger partial charge is 0.278 e. The van der Waals surface area contributed by atoms with E-state index in [1.807, 2.05) is 36.4 Å². The van der Waals surface area contributed by atoms with Crippen molar-refractivity contribution in [1.82, 2.24) is 0 Å². The molecule has 5 nitrogen and oxygen atoms in total. The van der Waals surface area contributed by atoms with Gasteiger partial charge >= 0.3 is 0 Å². The summed E-state index contributed by atoms with van der Waals surface area (Å²) in [6.07, 6.45) is 5.30. The predicted octanol–water partition coefficient (Wildman–Crippen LogP) is 3.71. The second kappa shape index (κ2) is 6.84. The van der Waals surface area contributed by atoms with E-state index >= 15 is 0 Å². The Hall–Kier alpha value is -2.95. The third-order valence-corrected chi connectivity index (χ3v) is 2.50. The summed E-state index contributed by atoms with van der Waals surface area (Å²) in [6, 6.07) is 16.0. The first-order chi connectivity index (χ1) is 9.75. The van der Waals surface area contributed by atoms with Crippen molar-refractivity contribution in [3.8, 4) is 0 Å². The van der Waals surface area contributed by atoms with Gasteiger partial charge in [0.15, 0.2) is 0 Å². The van der Waals surface area contributed by atoms with Gasteiger partial charge in [0.2, 0.25) is 0 Å². The molecule has 0 aliphatic rings. The second-order valence-corrected chi connectivity index (χ2v) is 3.97. The zero-order valence-corrected chi connectivity index (χ0v) is 10.6. The summed E-state index contributed by atoms with van der Waals surface area (Å²) in [4.78, 5) is 10.2. The standard InChI is InChI=1S/C15H13N3O2/c19-18(20)15-10-4-9-14(12-15)17-16-11-5-8-13-6-2-1-3-7-13/h1-12,17H/b8-5+,16-11?. The Morgan fingerprint density at radius 1 is 1.10 bits per heavy atom. The summed E-state index contributed by atoms with van der Waals surface area (Å²) in [6.45, 7) is 0. The Kier molecular flexibility index (Phi) is 4.61. The number of allylic oxidation sites excluding steroid dienone is 1. The van der Waals surface area contributed by atoms with E-state index in [-0.39, 0.29) is 5.69 Å². The Labute approximate surface area is 116 Å². The number of hydrogen-bond acceptors (Lipinski definition) is 4. The van der Waals surface area contributed by atoms with Crippen molar-refractivity contribution >= 4 is 23.7 Å². The summed E-state index contributed by atoms with van der Waals surface area (Å²) in [5, 5.41) is 14.6. The van der Waals surface area contributed by atoms with Gasteiger partial charge in [0.05, 0.1) is 10.6 Å². The van der Waals surface area contributed by atoms with Crippen LogP contribution in [0.25, 0.3) is 6.08 Å². The zero-order valence-electron chi connectivity index (χ0n) is 10.6. The third kappa shape index (κ3) is 4.06. The van der Waals surface area contributed by atoms with Crippen LogP contribution in [0.5, 0.6) is 0 Å². The van der Waals surface area contributed by atoms with Crippen LogP contribution in [0.2, 0.25) is 0 Å². The van der Waals surface area contributed by atoms with Crippen LogP contribution in [0, 0.1) is 10.1 Å². The first-order valence-corrected chi connectivity index (χ1v) is 6.01. The number of rotatable bonds is 5. The number of nitrogens with zero attached hydrogens (tertiary/aromatic N) is 2. The summed E-state index contributed by atoms with van der Waals surface area (Å²) in [7, 11) is 0. The zero-order chi connectivity index (χ0) is 14.2. The number of nitrogens with one attached hydrogen (secondary N) is 1. The monoisotopic (exact) mass is 267 g/mol. The molecule has 0 aliphatic heterocycles. The Bertz CT molecular complexity index is 637. The van der Waals surface area contributed by atoms with Crippen molar-refractivity contribution in [2.24, 2.45) is 5.10 Å². The quantitative estimate of drug-likeness (QED) is 0.510. The summed E-state index contributed by atoms with van der Waals surface area (Å²) >= 11 is 0. The molecule has 0 unspecified atom stereocenters. The lowest BCUT2D eigenvalue weighted by Gasteiger charge is -1.98. The molecule has 0 saturated heterocycles. The van der Waals surface area contributed by atoms with E-state index in [0.717, 1.165) is 5.56 Å². The highest BCUT2D eigenvalue weighted by Crippen LogP contribution is 2.16. The van der Waals surface area contributed by atoms with Gasteiger partial charge in [0.25, 0.3) is 5.69 Å². The van der Waals surface area contributed by atoms with Gasteiger partial charge in [-0.3, -0.25) is 15.5 Å². The van der Waals surface area contributed by atoms with Crippen LogP contribution >= 0.6 is 0 Å². The summed E-state index contributed by atoms with van der Waals surface area (Å²) in [5.41, 5.74) is 4.42. The predicted molar refractivity (Wildman–Crippen MR) is 80.7 cm³/mol. The number of nitro benzene ring substituents is 1.